The summed E-state index contributed by atoms with van der Waals surface area (Å²) in [5.41, 5.74) is 2.50. The number of aryl methyl sites for hydroxylation is 2. The van der Waals surface area contributed by atoms with Crippen molar-refractivity contribution in [1.29, 1.82) is 0 Å². The summed E-state index contributed by atoms with van der Waals surface area (Å²) in [6.45, 7) is 4.29. The molecule has 3 nitrogen and oxygen atoms in total. The Bertz CT molecular complexity index is 337. The average molecular weight is 235 g/mol. The SMILES string of the molecule is CCc1cc(CNCC2CCCCC2)n(C)n1. The first kappa shape index (κ1) is 12.6. The highest BCUT2D eigenvalue weighted by atomic mass is 15.3. The van der Waals surface area contributed by atoms with E-state index in [0.717, 1.165) is 18.9 Å². The molecule has 0 unspecified atom stereocenters. The van der Waals surface area contributed by atoms with Gasteiger partial charge in [-0.25, -0.2) is 0 Å². The van der Waals surface area contributed by atoms with E-state index in [2.05, 4.69) is 23.4 Å². The molecule has 0 spiro atoms. The summed E-state index contributed by atoms with van der Waals surface area (Å²) in [4.78, 5) is 0. The summed E-state index contributed by atoms with van der Waals surface area (Å²) in [5, 5.41) is 8.06. The van der Waals surface area contributed by atoms with Crippen LogP contribution in [0, 0.1) is 5.92 Å². The molecular formula is C14H25N3. The van der Waals surface area contributed by atoms with E-state index < -0.39 is 0 Å². The van der Waals surface area contributed by atoms with Crippen LogP contribution in [0.15, 0.2) is 6.07 Å². The lowest BCUT2D eigenvalue weighted by Crippen LogP contribution is -2.25. The van der Waals surface area contributed by atoms with E-state index in [0.29, 0.717) is 0 Å². The molecule has 17 heavy (non-hydrogen) atoms. The summed E-state index contributed by atoms with van der Waals surface area (Å²) in [5.74, 6) is 0.905. The zero-order valence-electron chi connectivity index (χ0n) is 11.2. The Morgan fingerprint density at radius 2 is 2.12 bits per heavy atom. The van der Waals surface area contributed by atoms with Gasteiger partial charge in [0.05, 0.1) is 11.4 Å². The fraction of sp³-hybridized carbons (Fsp3) is 0.786. The van der Waals surface area contributed by atoms with Crippen LogP contribution in [0.2, 0.25) is 0 Å². The third-order valence-corrected chi connectivity index (χ3v) is 3.85. The Labute approximate surface area is 105 Å². The van der Waals surface area contributed by atoms with Crippen molar-refractivity contribution in [3.8, 4) is 0 Å². The molecule has 0 aliphatic heterocycles. The average Bonchev–Trinajstić information content (AvgIpc) is 2.72. The molecule has 0 radical (unpaired) electrons. The summed E-state index contributed by atoms with van der Waals surface area (Å²) in [6, 6.07) is 2.22. The second kappa shape index (κ2) is 6.20. The Kier molecular flexibility index (Phi) is 4.60. The minimum absolute atomic E-state index is 0.905. The van der Waals surface area contributed by atoms with Crippen LogP contribution in [0.1, 0.15) is 50.4 Å². The summed E-state index contributed by atoms with van der Waals surface area (Å²) < 4.78 is 2.01. The largest absolute Gasteiger partial charge is 0.311 e. The van der Waals surface area contributed by atoms with Gasteiger partial charge in [0.25, 0.3) is 0 Å². The highest BCUT2D eigenvalue weighted by molar-refractivity contribution is 5.09. The van der Waals surface area contributed by atoms with E-state index in [1.807, 2.05) is 11.7 Å². The molecule has 0 bridgehead atoms. The lowest BCUT2D eigenvalue weighted by atomic mass is 9.89. The lowest BCUT2D eigenvalue weighted by molar-refractivity contribution is 0.340. The van der Waals surface area contributed by atoms with Crippen LogP contribution in [0.3, 0.4) is 0 Å². The summed E-state index contributed by atoms with van der Waals surface area (Å²) in [7, 11) is 2.04. The van der Waals surface area contributed by atoms with Crippen molar-refractivity contribution in [3.05, 3.63) is 17.5 Å². The van der Waals surface area contributed by atoms with Crippen molar-refractivity contribution in [2.75, 3.05) is 6.54 Å². The number of nitrogens with zero attached hydrogens (tertiary/aromatic N) is 2. The Morgan fingerprint density at radius 1 is 1.35 bits per heavy atom. The predicted molar refractivity (Wildman–Crippen MR) is 70.9 cm³/mol. The van der Waals surface area contributed by atoms with E-state index >= 15 is 0 Å². The van der Waals surface area contributed by atoms with Gasteiger partial charge in [-0.2, -0.15) is 5.10 Å². The summed E-state index contributed by atoms with van der Waals surface area (Å²) in [6.07, 6.45) is 8.15. The van der Waals surface area contributed by atoms with Gasteiger partial charge in [-0.15, -0.1) is 0 Å². The third-order valence-electron chi connectivity index (χ3n) is 3.85. The maximum absolute atomic E-state index is 4.47. The van der Waals surface area contributed by atoms with Crippen LogP contribution in [0.4, 0.5) is 0 Å². The van der Waals surface area contributed by atoms with Gasteiger partial charge in [-0.05, 0) is 37.8 Å². The van der Waals surface area contributed by atoms with Crippen molar-refractivity contribution >= 4 is 0 Å². The molecule has 1 aromatic heterocycles. The van der Waals surface area contributed by atoms with E-state index in [-0.39, 0.29) is 0 Å². The second-order valence-electron chi connectivity index (χ2n) is 5.24. The molecule has 0 aromatic carbocycles. The molecule has 1 aromatic rings. The first-order valence-electron chi connectivity index (χ1n) is 7.02. The molecule has 0 saturated heterocycles. The molecule has 1 N–H and O–H groups in total. The number of hydrogen-bond acceptors (Lipinski definition) is 2. The van der Waals surface area contributed by atoms with Crippen molar-refractivity contribution in [3.63, 3.8) is 0 Å². The molecule has 3 heteroatoms. The molecule has 1 aliphatic rings. The standard InChI is InChI=1S/C14H25N3/c1-3-13-9-14(17(2)16-13)11-15-10-12-7-5-4-6-8-12/h9,12,15H,3-8,10-11H2,1-2H3. The van der Waals surface area contributed by atoms with Gasteiger partial charge in [0.1, 0.15) is 0 Å². The fourth-order valence-electron chi connectivity index (χ4n) is 2.71. The smallest absolute Gasteiger partial charge is 0.0625 e. The zero-order chi connectivity index (χ0) is 12.1. The Morgan fingerprint density at radius 3 is 2.76 bits per heavy atom. The van der Waals surface area contributed by atoms with Gasteiger partial charge < -0.3 is 5.32 Å². The minimum atomic E-state index is 0.905. The number of aromatic nitrogens is 2. The monoisotopic (exact) mass is 235 g/mol. The Hall–Kier alpha value is -0.830. The van der Waals surface area contributed by atoms with Gasteiger partial charge >= 0.3 is 0 Å². The van der Waals surface area contributed by atoms with Gasteiger partial charge in [0, 0.05) is 13.6 Å². The number of nitrogens with one attached hydrogen (secondary N) is 1. The lowest BCUT2D eigenvalue weighted by Gasteiger charge is -2.21. The van der Waals surface area contributed by atoms with Crippen molar-refractivity contribution < 1.29 is 0 Å². The summed E-state index contributed by atoms with van der Waals surface area (Å²) >= 11 is 0. The highest BCUT2D eigenvalue weighted by Gasteiger charge is 2.13. The van der Waals surface area contributed by atoms with Gasteiger partial charge in [-0.1, -0.05) is 26.2 Å². The number of hydrogen-bond donors (Lipinski definition) is 1. The van der Waals surface area contributed by atoms with Crippen LogP contribution in [-0.4, -0.2) is 16.3 Å². The highest BCUT2D eigenvalue weighted by Crippen LogP contribution is 2.22. The van der Waals surface area contributed by atoms with Gasteiger partial charge in [0.15, 0.2) is 0 Å². The normalized spacial score (nSPS) is 17.5. The fourth-order valence-corrected chi connectivity index (χ4v) is 2.71. The maximum atomic E-state index is 4.47. The van der Waals surface area contributed by atoms with Crippen molar-refractivity contribution in [1.82, 2.24) is 15.1 Å². The van der Waals surface area contributed by atoms with Crippen LogP contribution in [0.25, 0.3) is 0 Å². The van der Waals surface area contributed by atoms with Crippen LogP contribution in [-0.2, 0) is 20.0 Å². The molecule has 96 valence electrons. The van der Waals surface area contributed by atoms with E-state index in [4.69, 9.17) is 0 Å². The van der Waals surface area contributed by atoms with Crippen LogP contribution in [0.5, 0.6) is 0 Å². The molecule has 0 amide bonds. The molecule has 1 aliphatic carbocycles. The maximum Gasteiger partial charge on any atom is 0.0625 e. The van der Waals surface area contributed by atoms with Crippen LogP contribution < -0.4 is 5.32 Å². The topological polar surface area (TPSA) is 29.9 Å². The third kappa shape index (κ3) is 3.56. The van der Waals surface area contributed by atoms with E-state index in [9.17, 15) is 0 Å². The second-order valence-corrected chi connectivity index (χ2v) is 5.24. The van der Waals surface area contributed by atoms with Gasteiger partial charge in [-0.3, -0.25) is 4.68 Å². The van der Waals surface area contributed by atoms with E-state index in [1.54, 1.807) is 0 Å². The predicted octanol–water partition coefficient (Wildman–Crippen LogP) is 2.65. The van der Waals surface area contributed by atoms with Gasteiger partial charge in [0.2, 0.25) is 0 Å². The first-order chi connectivity index (χ1) is 8.29. The molecule has 1 saturated carbocycles. The molecule has 1 heterocycles. The van der Waals surface area contributed by atoms with Crippen molar-refractivity contribution in [2.45, 2.75) is 52.0 Å². The zero-order valence-corrected chi connectivity index (χ0v) is 11.2. The van der Waals surface area contributed by atoms with Crippen molar-refractivity contribution in [2.24, 2.45) is 13.0 Å². The van der Waals surface area contributed by atoms with E-state index in [1.165, 1.54) is 50.0 Å². The number of rotatable bonds is 5. The quantitative estimate of drug-likeness (QED) is 0.850. The Balaban J connectivity index is 1.75. The first-order valence-corrected chi connectivity index (χ1v) is 7.02. The van der Waals surface area contributed by atoms with Crippen LogP contribution >= 0.6 is 0 Å². The molecule has 0 atom stereocenters. The molecule has 2 rings (SSSR count). The minimum Gasteiger partial charge on any atom is -0.311 e. The molecule has 1 fully saturated rings. The molecular weight excluding hydrogens is 210 g/mol.